The molecule has 0 saturated carbocycles. The molecule has 2 saturated heterocycles. The second-order valence-electron chi connectivity index (χ2n) is 8.24. The Morgan fingerprint density at radius 1 is 1.15 bits per heavy atom. The van der Waals surface area contributed by atoms with Crippen LogP contribution in [0.4, 0.5) is 8.78 Å². The molecule has 7 nitrogen and oxygen atoms in total. The number of hydrogen-bond acceptors (Lipinski definition) is 6. The number of sulfonamides is 1. The molecule has 33 heavy (non-hydrogen) atoms. The zero-order valence-electron chi connectivity index (χ0n) is 18.2. The number of nitrogens with zero attached hydrogens (tertiary/aromatic N) is 3. The molecule has 0 aliphatic carbocycles. The van der Waals surface area contributed by atoms with E-state index in [2.05, 4.69) is 4.90 Å². The summed E-state index contributed by atoms with van der Waals surface area (Å²) < 4.78 is 59.2. The molecular formula is C22H27F2N3O4S2. The summed E-state index contributed by atoms with van der Waals surface area (Å²) in [6.07, 6.45) is 2.13. The quantitative estimate of drug-likeness (QED) is 0.558. The number of piperazine rings is 1. The van der Waals surface area contributed by atoms with Gasteiger partial charge in [0, 0.05) is 50.8 Å². The van der Waals surface area contributed by atoms with Crippen molar-refractivity contribution >= 4 is 27.3 Å². The van der Waals surface area contributed by atoms with Crippen molar-refractivity contribution in [1.82, 2.24) is 14.1 Å². The Bertz CT molecular complexity index is 1050. The van der Waals surface area contributed by atoms with E-state index in [9.17, 15) is 22.0 Å². The molecule has 2 aromatic rings. The van der Waals surface area contributed by atoms with Crippen LogP contribution < -0.4 is 0 Å². The highest BCUT2D eigenvalue weighted by Gasteiger charge is 2.31. The molecular weight excluding hydrogens is 472 g/mol. The summed E-state index contributed by atoms with van der Waals surface area (Å²) in [7, 11) is -3.96. The van der Waals surface area contributed by atoms with E-state index in [1.165, 1.54) is 9.18 Å². The molecule has 1 aromatic carbocycles. The highest BCUT2D eigenvalue weighted by molar-refractivity contribution is 7.89. The molecule has 1 atom stereocenters. The normalized spacial score (nSPS) is 20.0. The summed E-state index contributed by atoms with van der Waals surface area (Å²) in [6.45, 7) is 3.01. The minimum absolute atomic E-state index is 0.0607. The summed E-state index contributed by atoms with van der Waals surface area (Å²) in [6, 6.07) is 6.57. The van der Waals surface area contributed by atoms with Gasteiger partial charge in [-0.2, -0.15) is 4.31 Å². The van der Waals surface area contributed by atoms with Crippen LogP contribution in [0.5, 0.6) is 0 Å². The molecule has 2 aliphatic heterocycles. The van der Waals surface area contributed by atoms with Gasteiger partial charge in [0.15, 0.2) is 11.6 Å². The van der Waals surface area contributed by atoms with E-state index in [1.807, 2.05) is 17.5 Å². The Morgan fingerprint density at radius 2 is 1.94 bits per heavy atom. The lowest BCUT2D eigenvalue weighted by atomic mass is 10.2. The number of carbonyl (C=O) groups excluding carboxylic acids is 1. The molecule has 2 aliphatic rings. The summed E-state index contributed by atoms with van der Waals surface area (Å²) in [5.41, 5.74) is 0. The van der Waals surface area contributed by atoms with Crippen LogP contribution in [0.2, 0.25) is 0 Å². The van der Waals surface area contributed by atoms with Crippen molar-refractivity contribution in [3.63, 3.8) is 0 Å². The van der Waals surface area contributed by atoms with E-state index in [-0.39, 0.29) is 49.6 Å². The van der Waals surface area contributed by atoms with E-state index in [0.29, 0.717) is 19.2 Å². The minimum Gasteiger partial charge on any atom is -0.377 e. The molecule has 3 heterocycles. The maximum absolute atomic E-state index is 13.5. The number of hydrogen-bond donors (Lipinski definition) is 0. The smallest absolute Gasteiger partial charge is 0.243 e. The highest BCUT2D eigenvalue weighted by Crippen LogP contribution is 2.21. The fraction of sp³-hybridized carbons (Fsp3) is 0.500. The van der Waals surface area contributed by atoms with Crippen molar-refractivity contribution in [2.24, 2.45) is 0 Å². The Morgan fingerprint density at radius 3 is 2.58 bits per heavy atom. The van der Waals surface area contributed by atoms with Gasteiger partial charge in [0.2, 0.25) is 15.9 Å². The van der Waals surface area contributed by atoms with Gasteiger partial charge in [-0.1, -0.05) is 6.07 Å². The zero-order valence-corrected chi connectivity index (χ0v) is 19.8. The van der Waals surface area contributed by atoms with Gasteiger partial charge >= 0.3 is 0 Å². The molecule has 1 aromatic heterocycles. The standard InChI is InChI=1S/C22H27F2N3O4S2/c23-20-6-5-19(13-21(20)24)33(29,30)27-9-7-26(8-10-27)22(28)16-25(14-17-3-1-11-31-17)15-18-4-2-12-32-18/h2,4-6,12-13,17H,1,3,7-11,14-16H2/t17-/m0/s1. The van der Waals surface area contributed by atoms with Crippen LogP contribution in [0.15, 0.2) is 40.6 Å². The topological polar surface area (TPSA) is 70.2 Å². The van der Waals surface area contributed by atoms with Crippen LogP contribution in [0.3, 0.4) is 0 Å². The molecule has 0 N–H and O–H groups in total. The van der Waals surface area contributed by atoms with Gasteiger partial charge in [0.05, 0.1) is 17.5 Å². The monoisotopic (exact) mass is 499 g/mol. The molecule has 2 fully saturated rings. The van der Waals surface area contributed by atoms with Gasteiger partial charge in [-0.15, -0.1) is 11.3 Å². The van der Waals surface area contributed by atoms with E-state index in [0.717, 1.165) is 31.6 Å². The van der Waals surface area contributed by atoms with Gasteiger partial charge in [-0.25, -0.2) is 17.2 Å². The second-order valence-corrected chi connectivity index (χ2v) is 11.2. The molecule has 1 amide bonds. The van der Waals surface area contributed by atoms with Crippen LogP contribution in [0, 0.1) is 11.6 Å². The summed E-state index contributed by atoms with van der Waals surface area (Å²) >= 11 is 1.64. The Kier molecular flexibility index (Phi) is 7.75. The third-order valence-corrected chi connectivity index (χ3v) is 8.68. The average molecular weight is 500 g/mol. The number of ether oxygens (including phenoxy) is 1. The SMILES string of the molecule is O=C(CN(Cc1cccs1)C[C@@H]1CCCO1)N1CCN(S(=O)(=O)c2ccc(F)c(F)c2)CC1. The first kappa shape index (κ1) is 24.2. The van der Waals surface area contributed by atoms with Crippen LogP contribution in [0.1, 0.15) is 17.7 Å². The third-order valence-electron chi connectivity index (χ3n) is 5.92. The first-order chi connectivity index (χ1) is 15.8. The molecule has 0 bridgehead atoms. The van der Waals surface area contributed by atoms with Gasteiger partial charge in [-0.05, 0) is 42.5 Å². The highest BCUT2D eigenvalue weighted by atomic mass is 32.2. The van der Waals surface area contributed by atoms with E-state index in [4.69, 9.17) is 4.74 Å². The van der Waals surface area contributed by atoms with Gasteiger partial charge < -0.3 is 9.64 Å². The molecule has 180 valence electrons. The Balaban J connectivity index is 1.35. The van der Waals surface area contributed by atoms with Gasteiger partial charge in [0.1, 0.15) is 0 Å². The van der Waals surface area contributed by atoms with Crippen molar-refractivity contribution in [3.05, 3.63) is 52.2 Å². The lowest BCUT2D eigenvalue weighted by Gasteiger charge is -2.35. The fourth-order valence-electron chi connectivity index (χ4n) is 4.14. The summed E-state index contributed by atoms with van der Waals surface area (Å²) in [5.74, 6) is -2.36. The maximum atomic E-state index is 13.5. The average Bonchev–Trinajstić information content (AvgIpc) is 3.50. The minimum atomic E-state index is -3.96. The van der Waals surface area contributed by atoms with E-state index >= 15 is 0 Å². The number of rotatable bonds is 8. The molecule has 0 spiro atoms. The summed E-state index contributed by atoms with van der Waals surface area (Å²) in [4.78, 5) is 17.6. The molecule has 11 heteroatoms. The number of halogens is 2. The van der Waals surface area contributed by atoms with Gasteiger partial charge in [-0.3, -0.25) is 9.69 Å². The van der Waals surface area contributed by atoms with Crippen LogP contribution in [-0.2, 0) is 26.1 Å². The fourth-order valence-corrected chi connectivity index (χ4v) is 6.32. The van der Waals surface area contributed by atoms with Crippen LogP contribution in [0.25, 0.3) is 0 Å². The molecule has 0 unspecified atom stereocenters. The second kappa shape index (κ2) is 10.6. The van der Waals surface area contributed by atoms with Crippen molar-refractivity contribution in [2.75, 3.05) is 45.9 Å². The van der Waals surface area contributed by atoms with Crippen LogP contribution >= 0.6 is 11.3 Å². The predicted molar refractivity (Wildman–Crippen MR) is 120 cm³/mol. The summed E-state index contributed by atoms with van der Waals surface area (Å²) in [5, 5.41) is 2.01. The zero-order chi connectivity index (χ0) is 23.4. The Labute approximate surface area is 196 Å². The molecule has 4 rings (SSSR count). The van der Waals surface area contributed by atoms with E-state index < -0.39 is 21.7 Å². The lowest BCUT2D eigenvalue weighted by molar-refractivity contribution is -0.134. The van der Waals surface area contributed by atoms with Gasteiger partial charge in [0.25, 0.3) is 0 Å². The van der Waals surface area contributed by atoms with Crippen molar-refractivity contribution < 1.29 is 26.7 Å². The van der Waals surface area contributed by atoms with Crippen molar-refractivity contribution in [3.8, 4) is 0 Å². The maximum Gasteiger partial charge on any atom is 0.243 e. The predicted octanol–water partition coefficient (Wildman–Crippen LogP) is 2.54. The number of thiophene rings is 1. The van der Waals surface area contributed by atoms with Crippen molar-refractivity contribution in [2.45, 2.75) is 30.4 Å². The third kappa shape index (κ3) is 5.96. The number of carbonyl (C=O) groups is 1. The largest absolute Gasteiger partial charge is 0.377 e. The first-order valence-electron chi connectivity index (χ1n) is 10.9. The number of benzene rings is 1. The van der Waals surface area contributed by atoms with Crippen molar-refractivity contribution in [1.29, 1.82) is 0 Å². The number of amides is 1. The molecule has 0 radical (unpaired) electrons. The Hall–Kier alpha value is -1.92. The van der Waals surface area contributed by atoms with E-state index in [1.54, 1.807) is 16.2 Å². The first-order valence-corrected chi connectivity index (χ1v) is 13.2. The van der Waals surface area contributed by atoms with Crippen LogP contribution in [-0.4, -0.2) is 80.4 Å². The lowest BCUT2D eigenvalue weighted by Crippen LogP contribution is -2.52.